The summed E-state index contributed by atoms with van der Waals surface area (Å²) < 4.78 is 4.89. The zero-order chi connectivity index (χ0) is 7.98. The molecule has 11 heavy (non-hydrogen) atoms. The van der Waals surface area contributed by atoms with Crippen LogP contribution in [-0.2, 0) is 4.74 Å². The molecule has 66 valence electrons. The Labute approximate surface area is 75.1 Å². The monoisotopic (exact) mass is 177 g/mol. The second-order valence-electron chi connectivity index (χ2n) is 2.50. The number of methoxy groups -OCH3 is 1. The van der Waals surface area contributed by atoms with E-state index in [1.165, 1.54) is 0 Å². The van der Waals surface area contributed by atoms with Crippen LogP contribution < -0.4 is 5.32 Å². The average molecular weight is 178 g/mol. The Balaban J connectivity index is 0. The molecule has 0 saturated heterocycles. The summed E-state index contributed by atoms with van der Waals surface area (Å²) in [6.07, 6.45) is 5.21. The van der Waals surface area contributed by atoms with Crippen LogP contribution in [0.25, 0.3) is 0 Å². The van der Waals surface area contributed by atoms with Gasteiger partial charge in [-0.25, -0.2) is 0 Å². The van der Waals surface area contributed by atoms with E-state index in [0.717, 1.165) is 0 Å². The molecule has 0 aromatic heterocycles. The first-order valence-corrected chi connectivity index (χ1v) is 3.41. The lowest BCUT2D eigenvalue weighted by Crippen LogP contribution is -2.36. The molecule has 0 rings (SSSR count). The second kappa shape index (κ2) is 7.87. The molecule has 0 aliphatic rings. The number of ether oxygens (including phenoxy) is 1. The zero-order valence-electron chi connectivity index (χ0n) is 7.26. The molecule has 0 aliphatic carbocycles. The van der Waals surface area contributed by atoms with E-state index >= 15 is 0 Å². The third kappa shape index (κ3) is 7.67. The molecular formula is C8H16ClNO. The highest BCUT2D eigenvalue weighted by Crippen LogP contribution is 1.85. The van der Waals surface area contributed by atoms with Gasteiger partial charge in [-0.1, -0.05) is 5.92 Å². The van der Waals surface area contributed by atoms with Gasteiger partial charge in [-0.05, 0) is 13.8 Å². The Kier molecular flexibility index (Phi) is 9.57. The van der Waals surface area contributed by atoms with Crippen molar-refractivity contribution in [3.63, 3.8) is 0 Å². The highest BCUT2D eigenvalue weighted by molar-refractivity contribution is 5.85. The molecule has 1 N–H and O–H groups in total. The van der Waals surface area contributed by atoms with Gasteiger partial charge in [0.25, 0.3) is 0 Å². The minimum atomic E-state index is 0. The fourth-order valence-corrected chi connectivity index (χ4v) is 0.713. The number of nitrogens with one attached hydrogen (secondary N) is 1. The van der Waals surface area contributed by atoms with Gasteiger partial charge in [0.05, 0.1) is 12.6 Å². The van der Waals surface area contributed by atoms with Crippen LogP contribution in [0.5, 0.6) is 0 Å². The number of rotatable bonds is 4. The maximum Gasteiger partial charge on any atom is 0.0925 e. The summed E-state index contributed by atoms with van der Waals surface area (Å²) in [5, 5.41) is 3.17. The number of hydrogen-bond donors (Lipinski definition) is 1. The Morgan fingerprint density at radius 2 is 2.09 bits per heavy atom. The lowest BCUT2D eigenvalue weighted by Gasteiger charge is -2.14. The summed E-state index contributed by atoms with van der Waals surface area (Å²) in [6.45, 7) is 4.69. The van der Waals surface area contributed by atoms with E-state index in [-0.39, 0.29) is 18.4 Å². The lowest BCUT2D eigenvalue weighted by atomic mass is 10.3. The van der Waals surface area contributed by atoms with E-state index in [1.54, 1.807) is 7.11 Å². The normalized spacial score (nSPS) is 11.9. The predicted octanol–water partition coefficient (Wildman–Crippen LogP) is 1.05. The van der Waals surface area contributed by atoms with E-state index in [1.807, 2.05) is 0 Å². The van der Waals surface area contributed by atoms with Crippen molar-refractivity contribution in [1.29, 1.82) is 0 Å². The fourth-order valence-electron chi connectivity index (χ4n) is 0.713. The van der Waals surface area contributed by atoms with Crippen molar-refractivity contribution in [3.8, 4) is 12.3 Å². The first-order chi connectivity index (χ1) is 4.70. The van der Waals surface area contributed by atoms with Gasteiger partial charge in [0, 0.05) is 13.2 Å². The number of halogens is 1. The van der Waals surface area contributed by atoms with Crippen LogP contribution in [-0.4, -0.2) is 25.8 Å². The summed E-state index contributed by atoms with van der Waals surface area (Å²) in [5.74, 6) is 2.60. The molecular weight excluding hydrogens is 162 g/mol. The number of terminal acetylenes is 1. The first kappa shape index (κ1) is 13.4. The SMILES string of the molecule is C#CC(COC)NC(C)C.Cl. The van der Waals surface area contributed by atoms with E-state index in [9.17, 15) is 0 Å². The van der Waals surface area contributed by atoms with Crippen molar-refractivity contribution in [3.05, 3.63) is 0 Å². The summed E-state index contributed by atoms with van der Waals surface area (Å²) in [4.78, 5) is 0. The highest BCUT2D eigenvalue weighted by Gasteiger charge is 2.03. The molecule has 1 unspecified atom stereocenters. The minimum Gasteiger partial charge on any atom is -0.382 e. The smallest absolute Gasteiger partial charge is 0.0925 e. The van der Waals surface area contributed by atoms with E-state index in [4.69, 9.17) is 11.2 Å². The summed E-state index contributed by atoms with van der Waals surface area (Å²) in [7, 11) is 1.65. The summed E-state index contributed by atoms with van der Waals surface area (Å²) in [5.41, 5.74) is 0. The van der Waals surface area contributed by atoms with Crippen molar-refractivity contribution in [2.75, 3.05) is 13.7 Å². The predicted molar refractivity (Wildman–Crippen MR) is 50.0 cm³/mol. The van der Waals surface area contributed by atoms with Crippen LogP contribution >= 0.6 is 12.4 Å². The molecule has 3 heteroatoms. The molecule has 0 aliphatic heterocycles. The van der Waals surface area contributed by atoms with Crippen molar-refractivity contribution in [2.24, 2.45) is 0 Å². The Bertz CT molecular complexity index is 120. The van der Waals surface area contributed by atoms with E-state index < -0.39 is 0 Å². The Morgan fingerprint density at radius 3 is 2.36 bits per heavy atom. The molecule has 0 amide bonds. The van der Waals surface area contributed by atoms with Gasteiger partial charge >= 0.3 is 0 Å². The van der Waals surface area contributed by atoms with E-state index in [2.05, 4.69) is 25.1 Å². The molecule has 0 fully saturated rings. The average Bonchev–Trinajstić information content (AvgIpc) is 1.86. The molecule has 0 bridgehead atoms. The van der Waals surface area contributed by atoms with Crippen LogP contribution in [0.1, 0.15) is 13.8 Å². The second-order valence-corrected chi connectivity index (χ2v) is 2.50. The summed E-state index contributed by atoms with van der Waals surface area (Å²) in [6, 6.07) is 0.459. The fraction of sp³-hybridized carbons (Fsp3) is 0.750. The molecule has 0 aromatic carbocycles. The van der Waals surface area contributed by atoms with Gasteiger partial charge in [0.15, 0.2) is 0 Å². The highest BCUT2D eigenvalue weighted by atomic mass is 35.5. The van der Waals surface area contributed by atoms with Gasteiger partial charge in [-0.3, -0.25) is 5.32 Å². The van der Waals surface area contributed by atoms with Gasteiger partial charge in [-0.15, -0.1) is 18.8 Å². The van der Waals surface area contributed by atoms with Gasteiger partial charge in [0.2, 0.25) is 0 Å². The molecule has 2 nitrogen and oxygen atoms in total. The lowest BCUT2D eigenvalue weighted by molar-refractivity contribution is 0.180. The van der Waals surface area contributed by atoms with Crippen molar-refractivity contribution in [1.82, 2.24) is 5.32 Å². The van der Waals surface area contributed by atoms with E-state index in [0.29, 0.717) is 12.6 Å². The van der Waals surface area contributed by atoms with Crippen molar-refractivity contribution >= 4 is 12.4 Å². The zero-order valence-corrected chi connectivity index (χ0v) is 8.07. The van der Waals surface area contributed by atoms with Crippen LogP contribution in [0.15, 0.2) is 0 Å². The van der Waals surface area contributed by atoms with Crippen LogP contribution in [0.2, 0.25) is 0 Å². The number of hydrogen-bond acceptors (Lipinski definition) is 2. The first-order valence-electron chi connectivity index (χ1n) is 3.41. The third-order valence-electron chi connectivity index (χ3n) is 1.07. The molecule has 1 atom stereocenters. The maximum absolute atomic E-state index is 5.21. The molecule has 0 heterocycles. The molecule has 0 saturated carbocycles. The van der Waals surface area contributed by atoms with Crippen molar-refractivity contribution in [2.45, 2.75) is 25.9 Å². The molecule has 0 aromatic rings. The maximum atomic E-state index is 5.21. The minimum absolute atomic E-state index is 0. The topological polar surface area (TPSA) is 21.3 Å². The Hall–Kier alpha value is -0.230. The molecule has 0 spiro atoms. The quantitative estimate of drug-likeness (QED) is 0.649. The largest absolute Gasteiger partial charge is 0.382 e. The van der Waals surface area contributed by atoms with Gasteiger partial charge in [-0.2, -0.15) is 0 Å². The third-order valence-corrected chi connectivity index (χ3v) is 1.07. The van der Waals surface area contributed by atoms with Crippen LogP contribution in [0.4, 0.5) is 0 Å². The van der Waals surface area contributed by atoms with Gasteiger partial charge < -0.3 is 4.74 Å². The van der Waals surface area contributed by atoms with Gasteiger partial charge in [0.1, 0.15) is 0 Å². The Morgan fingerprint density at radius 1 is 1.55 bits per heavy atom. The van der Waals surface area contributed by atoms with Crippen LogP contribution in [0, 0.1) is 12.3 Å². The standard InChI is InChI=1S/C8H15NO.ClH/c1-5-8(6-10-4)9-7(2)3;/h1,7-9H,6H2,2-4H3;1H. The van der Waals surface area contributed by atoms with Crippen LogP contribution in [0.3, 0.4) is 0 Å². The molecule has 0 radical (unpaired) electrons. The summed E-state index contributed by atoms with van der Waals surface area (Å²) >= 11 is 0. The van der Waals surface area contributed by atoms with Crippen molar-refractivity contribution < 1.29 is 4.74 Å².